The lowest BCUT2D eigenvalue weighted by molar-refractivity contribution is -0.115. The van der Waals surface area contributed by atoms with Gasteiger partial charge in [0, 0.05) is 12.7 Å². The molecule has 2 rings (SSSR count). The fourth-order valence-electron chi connectivity index (χ4n) is 2.08. The van der Waals surface area contributed by atoms with E-state index < -0.39 is 0 Å². The highest BCUT2D eigenvalue weighted by Gasteiger charge is 2.04. The number of carbonyl (C=O) groups is 1. The number of rotatable bonds is 7. The summed E-state index contributed by atoms with van der Waals surface area (Å²) >= 11 is 0. The molecular weight excluding hydrogens is 316 g/mol. The predicted molar refractivity (Wildman–Crippen MR) is 101 cm³/mol. The van der Waals surface area contributed by atoms with E-state index in [0.29, 0.717) is 19.1 Å². The zero-order chi connectivity index (χ0) is 17.9. The SMILES string of the molecule is CN=C(NCCOc1ccc(C)cc1)NCC(=O)Nc1ccccc1. The first-order chi connectivity index (χ1) is 12.2. The molecule has 0 atom stereocenters. The maximum absolute atomic E-state index is 11.9. The van der Waals surface area contributed by atoms with Crippen LogP contribution in [0, 0.1) is 6.92 Å². The Labute approximate surface area is 148 Å². The minimum absolute atomic E-state index is 0.132. The third kappa shape index (κ3) is 6.95. The molecule has 2 aromatic rings. The van der Waals surface area contributed by atoms with Gasteiger partial charge in [0.05, 0.1) is 13.1 Å². The average Bonchev–Trinajstić information content (AvgIpc) is 2.63. The Morgan fingerprint density at radius 3 is 2.44 bits per heavy atom. The van der Waals surface area contributed by atoms with E-state index >= 15 is 0 Å². The van der Waals surface area contributed by atoms with Gasteiger partial charge in [0.15, 0.2) is 5.96 Å². The Kier molecular flexibility index (Phi) is 7.31. The number of guanidine groups is 1. The molecule has 0 aliphatic carbocycles. The van der Waals surface area contributed by atoms with Gasteiger partial charge in [0.2, 0.25) is 5.91 Å². The largest absolute Gasteiger partial charge is 0.492 e. The Morgan fingerprint density at radius 1 is 1.04 bits per heavy atom. The number of aryl methyl sites for hydroxylation is 1. The molecule has 1 amide bonds. The normalized spacial score (nSPS) is 10.9. The van der Waals surface area contributed by atoms with Crippen molar-refractivity contribution in [1.29, 1.82) is 0 Å². The number of hydrogen-bond donors (Lipinski definition) is 3. The van der Waals surface area contributed by atoms with E-state index in [9.17, 15) is 4.79 Å². The van der Waals surface area contributed by atoms with Gasteiger partial charge in [-0.1, -0.05) is 35.9 Å². The summed E-state index contributed by atoms with van der Waals surface area (Å²) in [5, 5.41) is 8.88. The number of nitrogens with one attached hydrogen (secondary N) is 3. The summed E-state index contributed by atoms with van der Waals surface area (Å²) in [5.41, 5.74) is 1.97. The number of hydrogen-bond acceptors (Lipinski definition) is 3. The van der Waals surface area contributed by atoms with Crippen molar-refractivity contribution < 1.29 is 9.53 Å². The summed E-state index contributed by atoms with van der Waals surface area (Å²) in [6.07, 6.45) is 0. The van der Waals surface area contributed by atoms with Gasteiger partial charge >= 0.3 is 0 Å². The van der Waals surface area contributed by atoms with Crippen molar-refractivity contribution in [1.82, 2.24) is 10.6 Å². The van der Waals surface area contributed by atoms with E-state index in [1.807, 2.05) is 61.5 Å². The fourth-order valence-corrected chi connectivity index (χ4v) is 2.08. The van der Waals surface area contributed by atoms with Crippen LogP contribution in [0.4, 0.5) is 5.69 Å². The van der Waals surface area contributed by atoms with Crippen molar-refractivity contribution >= 4 is 17.6 Å². The molecule has 0 saturated carbocycles. The summed E-state index contributed by atoms with van der Waals surface area (Å²) in [5.74, 6) is 1.25. The van der Waals surface area contributed by atoms with E-state index in [0.717, 1.165) is 11.4 Å². The smallest absolute Gasteiger partial charge is 0.243 e. The molecule has 3 N–H and O–H groups in total. The monoisotopic (exact) mass is 340 g/mol. The molecule has 6 nitrogen and oxygen atoms in total. The summed E-state index contributed by atoms with van der Waals surface area (Å²) in [6.45, 7) is 3.25. The van der Waals surface area contributed by atoms with Gasteiger partial charge in [-0.3, -0.25) is 9.79 Å². The van der Waals surface area contributed by atoms with Crippen LogP contribution >= 0.6 is 0 Å². The van der Waals surface area contributed by atoms with Gasteiger partial charge in [-0.2, -0.15) is 0 Å². The van der Waals surface area contributed by atoms with Gasteiger partial charge < -0.3 is 20.7 Å². The van der Waals surface area contributed by atoms with Gasteiger partial charge in [-0.25, -0.2) is 0 Å². The van der Waals surface area contributed by atoms with Crippen LogP contribution in [0.25, 0.3) is 0 Å². The Bertz CT molecular complexity index is 684. The fraction of sp³-hybridized carbons (Fsp3) is 0.263. The minimum atomic E-state index is -0.134. The molecule has 0 aliphatic rings. The molecule has 0 fully saturated rings. The van der Waals surface area contributed by atoms with Crippen molar-refractivity contribution in [3.8, 4) is 5.75 Å². The molecule has 0 aliphatic heterocycles. The molecule has 0 unspecified atom stereocenters. The van der Waals surface area contributed by atoms with Crippen LogP contribution in [0.5, 0.6) is 5.75 Å². The molecule has 0 bridgehead atoms. The molecule has 0 heterocycles. The van der Waals surface area contributed by atoms with Crippen LogP contribution in [0.1, 0.15) is 5.56 Å². The van der Waals surface area contributed by atoms with Crippen LogP contribution in [-0.4, -0.2) is 38.6 Å². The highest BCUT2D eigenvalue weighted by Crippen LogP contribution is 2.10. The van der Waals surface area contributed by atoms with E-state index in [2.05, 4.69) is 20.9 Å². The Balaban J connectivity index is 1.64. The number of amides is 1. The Hall–Kier alpha value is -3.02. The summed E-state index contributed by atoms with van der Waals surface area (Å²) in [7, 11) is 1.66. The second-order valence-electron chi connectivity index (χ2n) is 5.43. The van der Waals surface area contributed by atoms with Crippen LogP contribution in [0.2, 0.25) is 0 Å². The first kappa shape index (κ1) is 18.3. The first-order valence-corrected chi connectivity index (χ1v) is 8.16. The van der Waals surface area contributed by atoms with E-state index in [-0.39, 0.29) is 12.5 Å². The van der Waals surface area contributed by atoms with E-state index in [1.165, 1.54) is 5.56 Å². The number of benzene rings is 2. The van der Waals surface area contributed by atoms with Gasteiger partial charge in [-0.05, 0) is 31.2 Å². The molecule has 6 heteroatoms. The number of nitrogens with zero attached hydrogens (tertiary/aromatic N) is 1. The van der Waals surface area contributed by atoms with Crippen molar-refractivity contribution in [2.45, 2.75) is 6.92 Å². The quantitative estimate of drug-likeness (QED) is 0.410. The standard InChI is InChI=1S/C19H24N4O2/c1-15-8-10-17(11-9-15)25-13-12-21-19(20-2)22-14-18(24)23-16-6-4-3-5-7-16/h3-11H,12-14H2,1-2H3,(H,23,24)(H2,20,21,22). The average molecular weight is 340 g/mol. The maximum Gasteiger partial charge on any atom is 0.243 e. The lowest BCUT2D eigenvalue weighted by atomic mass is 10.2. The number of para-hydroxylation sites is 1. The van der Waals surface area contributed by atoms with E-state index in [4.69, 9.17) is 4.74 Å². The number of ether oxygens (including phenoxy) is 1. The minimum Gasteiger partial charge on any atom is -0.492 e. The van der Waals surface area contributed by atoms with Crippen LogP contribution < -0.4 is 20.7 Å². The number of carbonyl (C=O) groups excluding carboxylic acids is 1. The topological polar surface area (TPSA) is 74.8 Å². The van der Waals surface area contributed by atoms with Crippen LogP contribution in [0.15, 0.2) is 59.6 Å². The Morgan fingerprint density at radius 2 is 1.76 bits per heavy atom. The molecule has 132 valence electrons. The van der Waals surface area contributed by atoms with E-state index in [1.54, 1.807) is 7.05 Å². The zero-order valence-electron chi connectivity index (χ0n) is 14.6. The molecule has 0 saturated heterocycles. The molecule has 0 spiro atoms. The predicted octanol–water partition coefficient (Wildman–Crippen LogP) is 2.18. The second kappa shape index (κ2) is 9.97. The molecular formula is C19H24N4O2. The lowest BCUT2D eigenvalue weighted by Gasteiger charge is -2.12. The van der Waals surface area contributed by atoms with Crippen LogP contribution in [-0.2, 0) is 4.79 Å². The molecule has 0 aromatic heterocycles. The van der Waals surface area contributed by atoms with Crippen molar-refractivity contribution in [2.75, 3.05) is 32.1 Å². The van der Waals surface area contributed by atoms with Gasteiger partial charge in [0.1, 0.15) is 12.4 Å². The third-order valence-electron chi connectivity index (χ3n) is 3.38. The maximum atomic E-state index is 11.9. The second-order valence-corrected chi connectivity index (χ2v) is 5.43. The van der Waals surface area contributed by atoms with Crippen LogP contribution in [0.3, 0.4) is 0 Å². The summed E-state index contributed by atoms with van der Waals surface area (Å²) in [4.78, 5) is 16.0. The highest BCUT2D eigenvalue weighted by atomic mass is 16.5. The molecule has 25 heavy (non-hydrogen) atoms. The van der Waals surface area contributed by atoms with Gasteiger partial charge in [-0.15, -0.1) is 0 Å². The molecule has 0 radical (unpaired) electrons. The van der Waals surface area contributed by atoms with Crippen molar-refractivity contribution in [3.05, 3.63) is 60.2 Å². The highest BCUT2D eigenvalue weighted by molar-refractivity contribution is 5.94. The summed E-state index contributed by atoms with van der Waals surface area (Å²) in [6, 6.07) is 17.2. The number of anilines is 1. The van der Waals surface area contributed by atoms with Crippen molar-refractivity contribution in [3.63, 3.8) is 0 Å². The molecule has 2 aromatic carbocycles. The third-order valence-corrected chi connectivity index (χ3v) is 3.38. The lowest BCUT2D eigenvalue weighted by Crippen LogP contribution is -2.42. The summed E-state index contributed by atoms with van der Waals surface area (Å²) < 4.78 is 5.64. The zero-order valence-corrected chi connectivity index (χ0v) is 14.6. The van der Waals surface area contributed by atoms with Crippen molar-refractivity contribution in [2.24, 2.45) is 4.99 Å². The van der Waals surface area contributed by atoms with Gasteiger partial charge in [0.25, 0.3) is 0 Å². The number of aliphatic imine (C=N–C) groups is 1. The first-order valence-electron chi connectivity index (χ1n) is 8.16.